The van der Waals surface area contributed by atoms with Crippen molar-refractivity contribution in [1.82, 2.24) is 20.3 Å². The molecule has 0 radical (unpaired) electrons. The summed E-state index contributed by atoms with van der Waals surface area (Å²) in [6, 6.07) is 4.19. The van der Waals surface area contributed by atoms with Gasteiger partial charge in [0.15, 0.2) is 5.82 Å². The fraction of sp³-hybridized carbons (Fsp3) is 0.263. The van der Waals surface area contributed by atoms with E-state index in [1.807, 2.05) is 6.92 Å². The molecule has 0 aliphatic rings. The van der Waals surface area contributed by atoms with Crippen LogP contribution in [-0.4, -0.2) is 20.9 Å². The van der Waals surface area contributed by atoms with Crippen LogP contribution in [0.5, 0.6) is 0 Å². The van der Waals surface area contributed by atoms with E-state index in [0.29, 0.717) is 17.4 Å². The molecule has 0 aliphatic heterocycles. The monoisotopic (exact) mass is 356 g/mol. The number of amides is 1. The normalized spacial score (nSPS) is 10.9. The molecule has 1 aromatic carbocycles. The second-order valence-corrected chi connectivity index (χ2v) is 6.60. The number of H-pyrrole nitrogens is 2. The first-order chi connectivity index (χ1) is 11.9. The lowest BCUT2D eigenvalue weighted by molar-refractivity contribution is 0.0941. The molecule has 1 amide bonds. The molecule has 0 spiro atoms. The van der Waals surface area contributed by atoms with Crippen LogP contribution in [0.1, 0.15) is 38.7 Å². The molecule has 0 bridgehead atoms. The molecule has 3 aromatic rings. The highest BCUT2D eigenvalue weighted by atomic mass is 35.5. The van der Waals surface area contributed by atoms with E-state index in [4.69, 9.17) is 11.6 Å². The highest BCUT2D eigenvalue weighted by molar-refractivity contribution is 6.34. The number of carbonyl (C=O) groups is 1. The third kappa shape index (κ3) is 3.20. The van der Waals surface area contributed by atoms with E-state index >= 15 is 0 Å². The van der Waals surface area contributed by atoms with Crippen LogP contribution in [0.2, 0.25) is 5.02 Å². The number of benzene rings is 1. The number of nitrogens with one attached hydrogen (secondary N) is 3. The van der Waals surface area contributed by atoms with Gasteiger partial charge in [0.25, 0.3) is 5.91 Å². The number of hydrogen-bond acceptors (Lipinski definition) is 2. The SMILES string of the molecule is Cc1ccc(-c2c(CNC(=O)c3ncc[nH]3)[nH]c(C)c2Cl)c(C)c1C. The zero-order valence-corrected chi connectivity index (χ0v) is 15.5. The van der Waals surface area contributed by atoms with Crippen molar-refractivity contribution in [3.05, 3.63) is 63.5 Å². The van der Waals surface area contributed by atoms with Gasteiger partial charge in [-0.1, -0.05) is 23.7 Å². The molecule has 2 aromatic heterocycles. The average Bonchev–Trinajstić information content (AvgIpc) is 3.21. The van der Waals surface area contributed by atoms with Crippen LogP contribution in [-0.2, 0) is 6.54 Å². The Morgan fingerprint density at radius 1 is 1.20 bits per heavy atom. The van der Waals surface area contributed by atoms with Crippen molar-refractivity contribution >= 4 is 17.5 Å². The van der Waals surface area contributed by atoms with Gasteiger partial charge in [-0.3, -0.25) is 4.79 Å². The van der Waals surface area contributed by atoms with Gasteiger partial charge in [-0.2, -0.15) is 0 Å². The van der Waals surface area contributed by atoms with Crippen molar-refractivity contribution < 1.29 is 4.79 Å². The van der Waals surface area contributed by atoms with Gasteiger partial charge in [0, 0.05) is 29.3 Å². The summed E-state index contributed by atoms with van der Waals surface area (Å²) in [5.41, 5.74) is 7.49. The highest BCUT2D eigenvalue weighted by Crippen LogP contribution is 2.37. The Morgan fingerprint density at radius 2 is 1.96 bits per heavy atom. The fourth-order valence-electron chi connectivity index (χ4n) is 2.95. The van der Waals surface area contributed by atoms with E-state index in [1.165, 1.54) is 16.7 Å². The topological polar surface area (TPSA) is 73.6 Å². The third-order valence-corrected chi connectivity index (χ3v) is 5.13. The molecule has 0 atom stereocenters. The van der Waals surface area contributed by atoms with Crippen molar-refractivity contribution in [3.8, 4) is 11.1 Å². The largest absolute Gasteiger partial charge is 0.359 e. The lowest BCUT2D eigenvalue weighted by Gasteiger charge is -2.13. The first-order valence-corrected chi connectivity index (χ1v) is 8.49. The Balaban J connectivity index is 1.96. The molecule has 0 aliphatic carbocycles. The summed E-state index contributed by atoms with van der Waals surface area (Å²) >= 11 is 6.56. The van der Waals surface area contributed by atoms with E-state index < -0.39 is 0 Å². The Bertz CT molecular complexity index is 926. The summed E-state index contributed by atoms with van der Waals surface area (Å²) in [7, 11) is 0. The number of imidazole rings is 1. The molecule has 0 saturated heterocycles. The third-order valence-electron chi connectivity index (χ3n) is 4.66. The zero-order valence-electron chi connectivity index (χ0n) is 14.7. The Morgan fingerprint density at radius 3 is 2.64 bits per heavy atom. The molecule has 2 heterocycles. The smallest absolute Gasteiger partial charge is 0.287 e. The first-order valence-electron chi connectivity index (χ1n) is 8.11. The van der Waals surface area contributed by atoms with Gasteiger partial charge >= 0.3 is 0 Å². The number of aryl methyl sites for hydroxylation is 2. The van der Waals surface area contributed by atoms with E-state index in [2.05, 4.69) is 53.2 Å². The fourth-order valence-corrected chi connectivity index (χ4v) is 3.21. The number of hydrogen-bond donors (Lipinski definition) is 3. The van der Waals surface area contributed by atoms with Gasteiger partial charge in [0.05, 0.1) is 11.6 Å². The Kier molecular flexibility index (Phi) is 4.68. The summed E-state index contributed by atoms with van der Waals surface area (Å²) < 4.78 is 0. The Labute approximate surface area is 151 Å². The van der Waals surface area contributed by atoms with Crippen molar-refractivity contribution in [1.29, 1.82) is 0 Å². The summed E-state index contributed by atoms with van der Waals surface area (Å²) in [6.07, 6.45) is 3.17. The lowest BCUT2D eigenvalue weighted by atomic mass is 9.94. The Hall–Kier alpha value is -2.53. The zero-order chi connectivity index (χ0) is 18.1. The van der Waals surface area contributed by atoms with Gasteiger partial charge in [-0.25, -0.2) is 4.98 Å². The molecule has 5 nitrogen and oxygen atoms in total. The summed E-state index contributed by atoms with van der Waals surface area (Å²) in [5.74, 6) is 0.0365. The van der Waals surface area contributed by atoms with Gasteiger partial charge in [-0.15, -0.1) is 0 Å². The van der Waals surface area contributed by atoms with Crippen LogP contribution in [0.3, 0.4) is 0 Å². The molecule has 3 N–H and O–H groups in total. The molecule has 0 fully saturated rings. The average molecular weight is 357 g/mol. The predicted octanol–water partition coefficient (Wildman–Crippen LogP) is 4.22. The number of halogens is 1. The van der Waals surface area contributed by atoms with Crippen molar-refractivity contribution in [2.75, 3.05) is 0 Å². The molecule has 130 valence electrons. The number of carbonyl (C=O) groups excluding carboxylic acids is 1. The highest BCUT2D eigenvalue weighted by Gasteiger charge is 2.19. The molecular formula is C19H21ClN4O. The minimum Gasteiger partial charge on any atom is -0.359 e. The van der Waals surface area contributed by atoms with Crippen LogP contribution >= 0.6 is 11.6 Å². The van der Waals surface area contributed by atoms with Crippen LogP contribution < -0.4 is 5.32 Å². The standard InChI is InChI=1S/C19H21ClN4O/c1-10-5-6-14(12(3)11(10)2)16-15(24-13(4)17(16)20)9-23-19(25)18-21-7-8-22-18/h5-8,24H,9H2,1-4H3,(H,21,22)(H,23,25). The molecule has 3 rings (SSSR count). The van der Waals surface area contributed by atoms with Crippen LogP contribution in [0, 0.1) is 27.7 Å². The number of rotatable bonds is 4. The minimum absolute atomic E-state index is 0.254. The summed E-state index contributed by atoms with van der Waals surface area (Å²) in [4.78, 5) is 22.2. The van der Waals surface area contributed by atoms with E-state index in [-0.39, 0.29) is 5.91 Å². The van der Waals surface area contributed by atoms with Crippen LogP contribution in [0.4, 0.5) is 0 Å². The minimum atomic E-state index is -0.254. The first kappa shape index (κ1) is 17.3. The van der Waals surface area contributed by atoms with E-state index in [0.717, 1.165) is 22.5 Å². The maximum atomic E-state index is 12.1. The maximum absolute atomic E-state index is 12.1. The summed E-state index contributed by atoms with van der Waals surface area (Å²) in [5, 5.41) is 3.56. The molecule has 0 unspecified atom stereocenters. The van der Waals surface area contributed by atoms with Gasteiger partial charge in [0.2, 0.25) is 0 Å². The van der Waals surface area contributed by atoms with Gasteiger partial charge in [0.1, 0.15) is 0 Å². The van der Waals surface area contributed by atoms with Crippen molar-refractivity contribution in [2.24, 2.45) is 0 Å². The molecule has 6 heteroatoms. The number of nitrogens with zero attached hydrogens (tertiary/aromatic N) is 1. The maximum Gasteiger partial charge on any atom is 0.287 e. The van der Waals surface area contributed by atoms with Crippen LogP contribution in [0.25, 0.3) is 11.1 Å². The second kappa shape index (κ2) is 6.76. The van der Waals surface area contributed by atoms with Crippen molar-refractivity contribution in [2.45, 2.75) is 34.2 Å². The van der Waals surface area contributed by atoms with Crippen molar-refractivity contribution in [3.63, 3.8) is 0 Å². The number of aromatic amines is 2. The molecule has 25 heavy (non-hydrogen) atoms. The second-order valence-electron chi connectivity index (χ2n) is 6.22. The lowest BCUT2D eigenvalue weighted by Crippen LogP contribution is -2.24. The van der Waals surface area contributed by atoms with Crippen LogP contribution in [0.15, 0.2) is 24.5 Å². The molecular weight excluding hydrogens is 336 g/mol. The van der Waals surface area contributed by atoms with E-state index in [1.54, 1.807) is 12.4 Å². The van der Waals surface area contributed by atoms with Gasteiger partial charge in [-0.05, 0) is 49.9 Å². The van der Waals surface area contributed by atoms with Gasteiger partial charge < -0.3 is 15.3 Å². The van der Waals surface area contributed by atoms with E-state index in [9.17, 15) is 4.79 Å². The number of aromatic nitrogens is 3. The molecule has 0 saturated carbocycles. The summed E-state index contributed by atoms with van der Waals surface area (Å²) in [6.45, 7) is 8.58. The quantitative estimate of drug-likeness (QED) is 0.654. The predicted molar refractivity (Wildman–Crippen MR) is 99.9 cm³/mol.